The van der Waals surface area contributed by atoms with Gasteiger partial charge in [0.15, 0.2) is 0 Å². The van der Waals surface area contributed by atoms with Gasteiger partial charge in [0.1, 0.15) is 11.3 Å². The van der Waals surface area contributed by atoms with Crippen LogP contribution in [0.3, 0.4) is 0 Å². The molecule has 128 valence electrons. The molecule has 0 aliphatic carbocycles. The van der Waals surface area contributed by atoms with E-state index in [9.17, 15) is 18.0 Å². The number of likely N-dealkylation sites (tertiary alicyclic amines) is 1. The predicted octanol–water partition coefficient (Wildman–Crippen LogP) is 1.98. The summed E-state index contributed by atoms with van der Waals surface area (Å²) in [7, 11) is 3.02. The van der Waals surface area contributed by atoms with Crippen molar-refractivity contribution in [2.45, 2.75) is 12.3 Å². The zero-order valence-corrected chi connectivity index (χ0v) is 12.9. The third-order valence-electron chi connectivity index (χ3n) is 4.00. The number of hydrogen-bond donors (Lipinski definition) is 1. The first kappa shape index (κ1) is 17.6. The summed E-state index contributed by atoms with van der Waals surface area (Å²) in [6.07, 6.45) is -4.89. The monoisotopic (exact) mass is 332 g/mol. The van der Waals surface area contributed by atoms with Gasteiger partial charge in [-0.2, -0.15) is 0 Å². The molecule has 1 fully saturated rings. The second kappa shape index (κ2) is 6.76. The average molecular weight is 332 g/mol. The summed E-state index contributed by atoms with van der Waals surface area (Å²) in [6, 6.07) is 4.18. The summed E-state index contributed by atoms with van der Waals surface area (Å²) in [6.45, 7) is 1.69. The molecule has 0 aromatic heterocycles. The van der Waals surface area contributed by atoms with Gasteiger partial charge in [0.25, 0.3) is 0 Å². The second-order valence-corrected chi connectivity index (χ2v) is 5.58. The van der Waals surface area contributed by atoms with E-state index in [-0.39, 0.29) is 17.4 Å². The molecule has 5 nitrogen and oxygen atoms in total. The van der Waals surface area contributed by atoms with Crippen molar-refractivity contribution in [3.8, 4) is 5.75 Å². The summed E-state index contributed by atoms with van der Waals surface area (Å²) in [5, 5.41) is 0. The second-order valence-electron chi connectivity index (χ2n) is 5.58. The average Bonchev–Trinajstić information content (AvgIpc) is 2.85. The number of rotatable bonds is 4. The van der Waals surface area contributed by atoms with Crippen molar-refractivity contribution < 1.29 is 27.4 Å². The Kier molecular flexibility index (Phi) is 5.16. The van der Waals surface area contributed by atoms with E-state index < -0.39 is 18.1 Å². The molecule has 1 aromatic rings. The molecular formula is C15H19F3N2O3. The van der Waals surface area contributed by atoms with Crippen molar-refractivity contribution in [1.29, 1.82) is 0 Å². The number of likely N-dealkylation sites (N-methyl/N-ethyl adjacent to an activating group) is 1. The summed E-state index contributed by atoms with van der Waals surface area (Å²) in [5.41, 5.74) is 6.05. The van der Waals surface area contributed by atoms with Gasteiger partial charge in [-0.15, -0.1) is 13.2 Å². The summed E-state index contributed by atoms with van der Waals surface area (Å²) >= 11 is 0. The van der Waals surface area contributed by atoms with E-state index in [2.05, 4.69) is 9.47 Å². The first-order valence-electron chi connectivity index (χ1n) is 7.12. The van der Waals surface area contributed by atoms with Gasteiger partial charge in [-0.1, -0.05) is 12.1 Å². The molecule has 2 N–H and O–H groups in total. The number of carbonyl (C=O) groups excluding carboxylic acids is 1. The highest BCUT2D eigenvalue weighted by molar-refractivity contribution is 5.94. The number of alkyl halides is 3. The quantitative estimate of drug-likeness (QED) is 0.854. The van der Waals surface area contributed by atoms with Crippen LogP contribution in [-0.4, -0.2) is 51.0 Å². The van der Waals surface area contributed by atoms with Crippen LogP contribution in [-0.2, 0) is 4.74 Å². The number of methoxy groups -OCH3 is 1. The van der Waals surface area contributed by atoms with Crippen molar-refractivity contribution >= 4 is 5.97 Å². The molecule has 1 saturated heterocycles. The molecule has 0 spiro atoms. The van der Waals surface area contributed by atoms with Gasteiger partial charge in [-0.25, -0.2) is 4.79 Å². The topological polar surface area (TPSA) is 64.8 Å². The predicted molar refractivity (Wildman–Crippen MR) is 77.2 cm³/mol. The third kappa shape index (κ3) is 3.94. The van der Waals surface area contributed by atoms with Gasteiger partial charge in [-0.3, -0.25) is 0 Å². The van der Waals surface area contributed by atoms with Crippen molar-refractivity contribution in [2.75, 3.05) is 33.8 Å². The van der Waals surface area contributed by atoms with Crippen molar-refractivity contribution in [2.24, 2.45) is 11.7 Å². The van der Waals surface area contributed by atoms with Gasteiger partial charge in [0.2, 0.25) is 0 Å². The Hall–Kier alpha value is -1.80. The zero-order chi connectivity index (χ0) is 17.2. The summed E-state index contributed by atoms with van der Waals surface area (Å²) in [4.78, 5) is 14.1. The van der Waals surface area contributed by atoms with Gasteiger partial charge in [0, 0.05) is 19.0 Å². The smallest absolute Gasteiger partial charge is 0.465 e. The van der Waals surface area contributed by atoms with Gasteiger partial charge >= 0.3 is 12.3 Å². The van der Waals surface area contributed by atoms with Crippen LogP contribution in [0.1, 0.15) is 21.8 Å². The minimum Gasteiger partial charge on any atom is -0.465 e. The maximum Gasteiger partial charge on any atom is 0.573 e. The van der Waals surface area contributed by atoms with Crippen LogP contribution in [0.5, 0.6) is 5.75 Å². The highest BCUT2D eigenvalue weighted by atomic mass is 19.4. The molecule has 1 heterocycles. The van der Waals surface area contributed by atoms with E-state index in [0.717, 1.165) is 13.2 Å². The fourth-order valence-corrected chi connectivity index (χ4v) is 3.07. The van der Waals surface area contributed by atoms with E-state index in [1.165, 1.54) is 6.07 Å². The van der Waals surface area contributed by atoms with Crippen LogP contribution >= 0.6 is 0 Å². The Morgan fingerprint density at radius 2 is 2.09 bits per heavy atom. The zero-order valence-electron chi connectivity index (χ0n) is 12.9. The Labute approximate surface area is 132 Å². The summed E-state index contributed by atoms with van der Waals surface area (Å²) in [5.74, 6) is -1.52. The van der Waals surface area contributed by atoms with E-state index >= 15 is 0 Å². The number of ether oxygens (including phenoxy) is 2. The SMILES string of the molecule is COC(=O)c1c(OC(F)(F)F)cccc1[C@H]1CN(C)C[C@@H]1CN. The molecule has 1 aliphatic heterocycles. The molecule has 23 heavy (non-hydrogen) atoms. The maximum absolute atomic E-state index is 12.6. The Balaban J connectivity index is 2.50. The largest absolute Gasteiger partial charge is 0.573 e. The van der Waals surface area contributed by atoms with Gasteiger partial charge in [0.05, 0.1) is 7.11 Å². The lowest BCUT2D eigenvalue weighted by Crippen LogP contribution is -2.24. The third-order valence-corrected chi connectivity index (χ3v) is 4.00. The molecule has 1 aromatic carbocycles. The highest BCUT2D eigenvalue weighted by Crippen LogP contribution is 2.38. The number of carbonyl (C=O) groups is 1. The van der Waals surface area contributed by atoms with Crippen LogP contribution in [0, 0.1) is 5.92 Å². The van der Waals surface area contributed by atoms with Crippen LogP contribution in [0.15, 0.2) is 18.2 Å². The van der Waals surface area contributed by atoms with Crippen molar-refractivity contribution in [3.05, 3.63) is 29.3 Å². The van der Waals surface area contributed by atoms with Crippen molar-refractivity contribution in [3.63, 3.8) is 0 Å². The number of esters is 1. The number of halogens is 3. The molecule has 0 saturated carbocycles. The molecule has 0 unspecified atom stereocenters. The van der Waals surface area contributed by atoms with Crippen LogP contribution < -0.4 is 10.5 Å². The Morgan fingerprint density at radius 1 is 1.39 bits per heavy atom. The minimum atomic E-state index is -4.89. The first-order chi connectivity index (χ1) is 10.8. The van der Waals surface area contributed by atoms with E-state index in [1.54, 1.807) is 6.07 Å². The molecule has 0 bridgehead atoms. The fourth-order valence-electron chi connectivity index (χ4n) is 3.07. The van der Waals surface area contributed by atoms with Crippen LogP contribution in [0.2, 0.25) is 0 Å². The molecule has 2 atom stereocenters. The van der Waals surface area contributed by atoms with E-state index in [0.29, 0.717) is 25.2 Å². The molecule has 0 radical (unpaired) electrons. The van der Waals surface area contributed by atoms with Gasteiger partial charge < -0.3 is 20.1 Å². The van der Waals surface area contributed by atoms with Crippen LogP contribution in [0.4, 0.5) is 13.2 Å². The van der Waals surface area contributed by atoms with Crippen LogP contribution in [0.25, 0.3) is 0 Å². The minimum absolute atomic E-state index is 0.0459. The highest BCUT2D eigenvalue weighted by Gasteiger charge is 2.37. The van der Waals surface area contributed by atoms with Gasteiger partial charge in [-0.05, 0) is 31.1 Å². The van der Waals surface area contributed by atoms with E-state index in [4.69, 9.17) is 5.73 Å². The molecule has 8 heteroatoms. The Morgan fingerprint density at radius 3 is 2.65 bits per heavy atom. The first-order valence-corrected chi connectivity index (χ1v) is 7.12. The molecular weight excluding hydrogens is 313 g/mol. The van der Waals surface area contributed by atoms with Crippen molar-refractivity contribution in [1.82, 2.24) is 4.90 Å². The fraction of sp³-hybridized carbons (Fsp3) is 0.533. The summed E-state index contributed by atoms with van der Waals surface area (Å²) < 4.78 is 46.5. The lowest BCUT2D eigenvalue weighted by Gasteiger charge is -2.22. The molecule has 1 aliphatic rings. The number of nitrogens with zero attached hydrogens (tertiary/aromatic N) is 1. The lowest BCUT2D eigenvalue weighted by atomic mass is 9.86. The maximum atomic E-state index is 12.6. The molecule has 0 amide bonds. The Bertz CT molecular complexity index is 578. The number of nitrogens with two attached hydrogens (primary N) is 1. The molecule has 2 rings (SSSR count). The lowest BCUT2D eigenvalue weighted by molar-refractivity contribution is -0.274. The normalized spacial score (nSPS) is 22.2. The number of hydrogen-bond acceptors (Lipinski definition) is 5. The standard InChI is InChI=1S/C15H19F3N2O3/c1-20-7-9(6-19)11(8-20)10-4-3-5-12(23-15(16,17)18)13(10)14(21)22-2/h3-5,9,11H,6-8,19H2,1-2H3/t9-,11-/m0/s1. The number of benzene rings is 1. The van der Waals surface area contributed by atoms with E-state index in [1.807, 2.05) is 11.9 Å².